The SMILES string of the molecule is CN1CC=CC1C1=NCC(c2csc3c2SCC3Br)N1. The van der Waals surface area contributed by atoms with E-state index in [-0.39, 0.29) is 0 Å². The van der Waals surface area contributed by atoms with Crippen LogP contribution in [0.25, 0.3) is 0 Å². The summed E-state index contributed by atoms with van der Waals surface area (Å²) in [6.07, 6.45) is 4.46. The maximum Gasteiger partial charge on any atom is 0.118 e. The topological polar surface area (TPSA) is 27.6 Å². The van der Waals surface area contributed by atoms with E-state index in [9.17, 15) is 0 Å². The van der Waals surface area contributed by atoms with E-state index in [1.54, 1.807) is 0 Å². The van der Waals surface area contributed by atoms with E-state index in [0.29, 0.717) is 16.9 Å². The molecule has 3 aliphatic rings. The van der Waals surface area contributed by atoms with Gasteiger partial charge in [-0.25, -0.2) is 0 Å². The molecule has 0 saturated heterocycles. The Morgan fingerprint density at radius 1 is 1.50 bits per heavy atom. The third-order valence-corrected chi connectivity index (χ3v) is 8.07. The smallest absolute Gasteiger partial charge is 0.118 e. The van der Waals surface area contributed by atoms with E-state index < -0.39 is 0 Å². The fourth-order valence-corrected chi connectivity index (χ4v) is 6.68. The molecule has 3 aliphatic heterocycles. The predicted molar refractivity (Wildman–Crippen MR) is 90.4 cm³/mol. The summed E-state index contributed by atoms with van der Waals surface area (Å²) in [5.74, 6) is 2.29. The van der Waals surface area contributed by atoms with Gasteiger partial charge in [-0.1, -0.05) is 28.1 Å². The van der Waals surface area contributed by atoms with Gasteiger partial charge in [0.05, 0.1) is 23.5 Å². The molecule has 4 rings (SSSR count). The largest absolute Gasteiger partial charge is 0.363 e. The first-order valence-corrected chi connectivity index (χ1v) is 9.58. The number of thiophene rings is 1. The minimum absolute atomic E-state index is 0.336. The van der Waals surface area contributed by atoms with Gasteiger partial charge >= 0.3 is 0 Å². The quantitative estimate of drug-likeness (QED) is 0.640. The summed E-state index contributed by atoms with van der Waals surface area (Å²) in [5.41, 5.74) is 1.44. The molecule has 0 radical (unpaired) electrons. The van der Waals surface area contributed by atoms with E-state index >= 15 is 0 Å². The molecule has 0 bridgehead atoms. The Hall–Kier alpha value is -0.300. The van der Waals surface area contributed by atoms with Crippen LogP contribution in [-0.2, 0) is 0 Å². The van der Waals surface area contributed by atoms with Gasteiger partial charge in [-0.05, 0) is 12.4 Å². The molecule has 0 aromatic carbocycles. The Kier molecular flexibility index (Phi) is 3.45. The van der Waals surface area contributed by atoms with Gasteiger partial charge < -0.3 is 5.32 Å². The van der Waals surface area contributed by atoms with Crippen molar-refractivity contribution in [2.45, 2.75) is 21.8 Å². The van der Waals surface area contributed by atoms with Crippen molar-refractivity contribution < 1.29 is 0 Å². The summed E-state index contributed by atoms with van der Waals surface area (Å²) in [5, 5.41) is 5.96. The number of alkyl halides is 1. The number of hydrogen-bond acceptors (Lipinski definition) is 5. The van der Waals surface area contributed by atoms with Gasteiger partial charge in [-0.15, -0.1) is 23.1 Å². The fourth-order valence-electron chi connectivity index (χ4n) is 2.95. The Bertz CT molecular complexity index is 595. The molecule has 3 nitrogen and oxygen atoms in total. The van der Waals surface area contributed by atoms with Gasteiger partial charge in [0.2, 0.25) is 0 Å². The number of fused-ring (bicyclic) bond motifs is 1. The number of amidine groups is 1. The first-order chi connectivity index (χ1) is 9.74. The Morgan fingerprint density at radius 3 is 3.20 bits per heavy atom. The zero-order chi connectivity index (χ0) is 13.7. The Morgan fingerprint density at radius 2 is 2.40 bits per heavy atom. The number of likely N-dealkylation sites (N-methyl/N-ethyl adjacent to an activating group) is 1. The molecule has 3 atom stereocenters. The molecule has 0 fully saturated rings. The van der Waals surface area contributed by atoms with Gasteiger partial charge in [0.25, 0.3) is 0 Å². The number of aliphatic imine (C=N–C) groups is 1. The lowest BCUT2D eigenvalue weighted by molar-refractivity contribution is 0.387. The second-order valence-electron chi connectivity index (χ2n) is 5.40. The number of nitrogens with zero attached hydrogens (tertiary/aromatic N) is 2. The molecule has 0 amide bonds. The van der Waals surface area contributed by atoms with Crippen LogP contribution in [0.15, 0.2) is 27.4 Å². The zero-order valence-corrected chi connectivity index (χ0v) is 14.4. The molecule has 106 valence electrons. The first-order valence-electron chi connectivity index (χ1n) is 6.80. The average Bonchev–Trinajstić information content (AvgIpc) is 3.15. The minimum atomic E-state index is 0.336. The highest BCUT2D eigenvalue weighted by Crippen LogP contribution is 2.50. The van der Waals surface area contributed by atoms with Gasteiger partial charge in [0.1, 0.15) is 5.84 Å². The first kappa shape index (κ1) is 13.4. The van der Waals surface area contributed by atoms with Crippen molar-refractivity contribution in [3.05, 3.63) is 28.0 Å². The minimum Gasteiger partial charge on any atom is -0.363 e. The number of hydrogen-bond donors (Lipinski definition) is 1. The van der Waals surface area contributed by atoms with Crippen molar-refractivity contribution >= 4 is 44.9 Å². The van der Waals surface area contributed by atoms with Crippen LogP contribution < -0.4 is 5.32 Å². The Balaban J connectivity index is 1.53. The fraction of sp³-hybridized carbons (Fsp3) is 0.500. The molecular weight excluding hydrogens is 354 g/mol. The highest BCUT2D eigenvalue weighted by Gasteiger charge is 2.33. The van der Waals surface area contributed by atoms with Crippen LogP contribution in [0.4, 0.5) is 0 Å². The van der Waals surface area contributed by atoms with E-state index in [1.165, 1.54) is 15.3 Å². The van der Waals surface area contributed by atoms with Gasteiger partial charge in [-0.2, -0.15) is 0 Å². The van der Waals surface area contributed by atoms with Crippen molar-refractivity contribution in [3.8, 4) is 0 Å². The third kappa shape index (κ3) is 2.08. The van der Waals surface area contributed by atoms with Crippen molar-refractivity contribution in [3.63, 3.8) is 0 Å². The number of thioether (sulfide) groups is 1. The van der Waals surface area contributed by atoms with E-state index in [4.69, 9.17) is 4.99 Å². The summed E-state index contributed by atoms with van der Waals surface area (Å²) >= 11 is 7.62. The van der Waals surface area contributed by atoms with Crippen molar-refractivity contribution in [1.82, 2.24) is 10.2 Å². The van der Waals surface area contributed by atoms with Crippen LogP contribution in [-0.4, -0.2) is 42.7 Å². The molecule has 4 heterocycles. The molecule has 0 aliphatic carbocycles. The van der Waals surface area contributed by atoms with Gasteiger partial charge in [0, 0.05) is 27.6 Å². The molecule has 1 aromatic heterocycles. The van der Waals surface area contributed by atoms with Crippen molar-refractivity contribution in [1.29, 1.82) is 0 Å². The van der Waals surface area contributed by atoms with E-state index in [1.807, 2.05) is 23.1 Å². The molecular formula is C14H16BrN3S2. The lowest BCUT2D eigenvalue weighted by Crippen LogP contribution is -2.40. The molecule has 0 spiro atoms. The normalized spacial score (nSPS) is 32.5. The van der Waals surface area contributed by atoms with Crippen LogP contribution in [0.2, 0.25) is 0 Å². The van der Waals surface area contributed by atoms with Gasteiger partial charge in [-0.3, -0.25) is 9.89 Å². The monoisotopic (exact) mass is 369 g/mol. The molecule has 3 unspecified atom stereocenters. The van der Waals surface area contributed by atoms with Crippen LogP contribution in [0.3, 0.4) is 0 Å². The maximum atomic E-state index is 4.75. The predicted octanol–water partition coefficient (Wildman–Crippen LogP) is 3.20. The highest BCUT2D eigenvalue weighted by molar-refractivity contribution is 9.09. The number of halogens is 1. The van der Waals surface area contributed by atoms with Crippen LogP contribution >= 0.6 is 39.0 Å². The summed E-state index contributed by atoms with van der Waals surface area (Å²) in [6.45, 7) is 1.88. The van der Waals surface area contributed by atoms with Crippen LogP contribution in [0.5, 0.6) is 0 Å². The summed E-state index contributed by atoms with van der Waals surface area (Å²) in [4.78, 5) is 10.6. The van der Waals surface area contributed by atoms with Crippen LogP contribution in [0.1, 0.15) is 21.3 Å². The maximum absolute atomic E-state index is 4.75. The van der Waals surface area contributed by atoms with E-state index in [2.05, 4.69) is 50.7 Å². The second-order valence-corrected chi connectivity index (χ2v) is 8.45. The zero-order valence-electron chi connectivity index (χ0n) is 11.2. The highest BCUT2D eigenvalue weighted by atomic mass is 79.9. The average molecular weight is 370 g/mol. The number of rotatable bonds is 2. The molecule has 0 saturated carbocycles. The summed E-state index contributed by atoms with van der Waals surface area (Å²) < 4.78 is 0. The Labute approximate surface area is 135 Å². The standard InChI is InChI=1S/C14H16BrN3S2/c1-18-4-2-3-11(18)14-16-5-10(17-14)8-6-19-13-9(15)7-20-12(8)13/h2-3,6,9-11H,4-5,7H2,1H3,(H,16,17). The lowest BCUT2D eigenvalue weighted by Gasteiger charge is -2.21. The molecule has 20 heavy (non-hydrogen) atoms. The molecule has 1 N–H and O–H groups in total. The van der Waals surface area contributed by atoms with Crippen molar-refractivity contribution in [2.24, 2.45) is 4.99 Å². The molecule has 6 heteroatoms. The van der Waals surface area contributed by atoms with E-state index in [0.717, 1.165) is 24.7 Å². The lowest BCUT2D eigenvalue weighted by atomic mass is 10.1. The number of nitrogens with one attached hydrogen (secondary N) is 1. The second kappa shape index (κ2) is 5.16. The van der Waals surface area contributed by atoms with Crippen molar-refractivity contribution in [2.75, 3.05) is 25.9 Å². The molecule has 1 aromatic rings. The summed E-state index contributed by atoms with van der Waals surface area (Å²) in [6, 6.07) is 0.695. The summed E-state index contributed by atoms with van der Waals surface area (Å²) in [7, 11) is 2.15. The van der Waals surface area contributed by atoms with Crippen LogP contribution in [0, 0.1) is 0 Å². The van der Waals surface area contributed by atoms with Gasteiger partial charge in [0.15, 0.2) is 0 Å². The third-order valence-electron chi connectivity index (χ3n) is 4.07.